The molecular weight excluding hydrogens is 224 g/mol. The van der Waals surface area contributed by atoms with Crippen LogP contribution in [0, 0.1) is 17.3 Å². The molecule has 0 aliphatic rings. The molecule has 0 radical (unpaired) electrons. The van der Waals surface area contributed by atoms with Gasteiger partial charge < -0.3 is 10.2 Å². The maximum absolute atomic E-state index is 9.96. The number of rotatable bonds is 11. The Balaban J connectivity index is 5.05. The number of aliphatic hydroxyl groups excluding tert-OH is 2. The molecule has 0 aromatic rings. The topological polar surface area (TPSA) is 40.5 Å². The molecule has 0 saturated carbocycles. The summed E-state index contributed by atoms with van der Waals surface area (Å²) >= 11 is 0. The second kappa shape index (κ2) is 9.80. The van der Waals surface area contributed by atoms with E-state index in [4.69, 9.17) is 0 Å². The highest BCUT2D eigenvalue weighted by molar-refractivity contribution is 4.88. The molecule has 110 valence electrons. The standard InChI is InChI=1S/C16H34O2/c1-5-9-11-16(8-4,13-18)15(10-6-2)14(7-3)12-17/h14-15,17-18H,5-13H2,1-4H3. The zero-order valence-electron chi connectivity index (χ0n) is 12.9. The normalized spacial score (nSPS) is 18.3. The molecule has 0 rings (SSSR count). The van der Waals surface area contributed by atoms with Crippen molar-refractivity contribution >= 4 is 0 Å². The molecule has 0 fully saturated rings. The molecular formula is C16H34O2. The van der Waals surface area contributed by atoms with Gasteiger partial charge in [0.1, 0.15) is 0 Å². The lowest BCUT2D eigenvalue weighted by molar-refractivity contribution is -0.00784. The second-order valence-corrected chi connectivity index (χ2v) is 5.72. The Morgan fingerprint density at radius 1 is 1.00 bits per heavy atom. The molecule has 0 spiro atoms. The monoisotopic (exact) mass is 258 g/mol. The minimum Gasteiger partial charge on any atom is -0.396 e. The van der Waals surface area contributed by atoms with Gasteiger partial charge in [-0.25, -0.2) is 0 Å². The van der Waals surface area contributed by atoms with Crippen molar-refractivity contribution in [1.29, 1.82) is 0 Å². The van der Waals surface area contributed by atoms with Gasteiger partial charge in [-0.1, -0.05) is 53.4 Å². The van der Waals surface area contributed by atoms with Crippen LogP contribution >= 0.6 is 0 Å². The Kier molecular flexibility index (Phi) is 9.76. The van der Waals surface area contributed by atoms with Crippen molar-refractivity contribution < 1.29 is 10.2 Å². The Morgan fingerprint density at radius 3 is 2.00 bits per heavy atom. The maximum Gasteiger partial charge on any atom is 0.0490 e. The Morgan fingerprint density at radius 2 is 1.67 bits per heavy atom. The summed E-state index contributed by atoms with van der Waals surface area (Å²) in [5, 5.41) is 19.6. The summed E-state index contributed by atoms with van der Waals surface area (Å²) in [6.45, 7) is 9.28. The lowest BCUT2D eigenvalue weighted by Crippen LogP contribution is -2.39. The summed E-state index contributed by atoms with van der Waals surface area (Å²) in [5.41, 5.74) is 0.0232. The van der Waals surface area contributed by atoms with E-state index in [0.29, 0.717) is 11.8 Å². The summed E-state index contributed by atoms with van der Waals surface area (Å²) in [5.74, 6) is 0.799. The van der Waals surface area contributed by atoms with Gasteiger partial charge in [0.05, 0.1) is 0 Å². The van der Waals surface area contributed by atoms with E-state index in [9.17, 15) is 10.2 Å². The SMILES string of the molecule is CCCCC(CC)(CO)C(CCC)C(CC)CO. The first-order valence-electron chi connectivity index (χ1n) is 7.87. The molecule has 3 atom stereocenters. The molecule has 0 heterocycles. The van der Waals surface area contributed by atoms with Crippen molar-refractivity contribution in [3.63, 3.8) is 0 Å². The van der Waals surface area contributed by atoms with Crippen LogP contribution in [0.15, 0.2) is 0 Å². The lowest BCUT2D eigenvalue weighted by atomic mass is 9.63. The van der Waals surface area contributed by atoms with Gasteiger partial charge in [0, 0.05) is 13.2 Å². The Bertz CT molecular complexity index is 184. The highest BCUT2D eigenvalue weighted by Gasteiger charge is 2.39. The van der Waals surface area contributed by atoms with Crippen LogP contribution in [0.2, 0.25) is 0 Å². The Hall–Kier alpha value is -0.0800. The van der Waals surface area contributed by atoms with Gasteiger partial charge in [-0.15, -0.1) is 0 Å². The Labute approximate surface area is 114 Å². The molecule has 0 aliphatic heterocycles. The lowest BCUT2D eigenvalue weighted by Gasteiger charge is -2.43. The highest BCUT2D eigenvalue weighted by atomic mass is 16.3. The smallest absolute Gasteiger partial charge is 0.0490 e. The molecule has 3 unspecified atom stereocenters. The zero-order chi connectivity index (χ0) is 14.0. The number of hydrogen-bond acceptors (Lipinski definition) is 2. The van der Waals surface area contributed by atoms with Crippen molar-refractivity contribution in [1.82, 2.24) is 0 Å². The van der Waals surface area contributed by atoms with E-state index in [2.05, 4.69) is 27.7 Å². The van der Waals surface area contributed by atoms with Gasteiger partial charge >= 0.3 is 0 Å². The van der Waals surface area contributed by atoms with Gasteiger partial charge in [-0.2, -0.15) is 0 Å². The van der Waals surface area contributed by atoms with E-state index < -0.39 is 0 Å². The maximum atomic E-state index is 9.96. The van der Waals surface area contributed by atoms with Gasteiger partial charge in [0.15, 0.2) is 0 Å². The van der Waals surface area contributed by atoms with E-state index in [1.165, 1.54) is 12.8 Å². The van der Waals surface area contributed by atoms with Crippen LogP contribution in [0.5, 0.6) is 0 Å². The van der Waals surface area contributed by atoms with Crippen molar-refractivity contribution in [2.45, 2.75) is 72.6 Å². The van der Waals surface area contributed by atoms with E-state index in [0.717, 1.165) is 32.1 Å². The van der Waals surface area contributed by atoms with E-state index in [1.54, 1.807) is 0 Å². The van der Waals surface area contributed by atoms with Crippen LogP contribution in [0.4, 0.5) is 0 Å². The van der Waals surface area contributed by atoms with Crippen LogP contribution in [0.1, 0.15) is 72.6 Å². The van der Waals surface area contributed by atoms with Crippen LogP contribution in [-0.4, -0.2) is 23.4 Å². The van der Waals surface area contributed by atoms with E-state index in [1.807, 2.05) is 0 Å². The third-order valence-electron chi connectivity index (χ3n) is 4.76. The highest BCUT2D eigenvalue weighted by Crippen LogP contribution is 2.44. The first-order chi connectivity index (χ1) is 8.65. The van der Waals surface area contributed by atoms with Crippen molar-refractivity contribution in [2.24, 2.45) is 17.3 Å². The molecule has 0 aromatic carbocycles. The second-order valence-electron chi connectivity index (χ2n) is 5.72. The molecule has 0 amide bonds. The minimum atomic E-state index is 0.0232. The third kappa shape index (κ3) is 4.55. The third-order valence-corrected chi connectivity index (χ3v) is 4.76. The molecule has 0 bridgehead atoms. The fourth-order valence-electron chi connectivity index (χ4n) is 3.36. The van der Waals surface area contributed by atoms with Crippen LogP contribution in [0.3, 0.4) is 0 Å². The number of unbranched alkanes of at least 4 members (excludes halogenated alkanes) is 1. The molecule has 0 saturated heterocycles. The number of hydrogen-bond donors (Lipinski definition) is 2. The predicted octanol–water partition coefficient (Wildman–Crippen LogP) is 4.00. The zero-order valence-corrected chi connectivity index (χ0v) is 12.9. The quantitative estimate of drug-likeness (QED) is 0.588. The predicted molar refractivity (Wildman–Crippen MR) is 78.6 cm³/mol. The fourth-order valence-corrected chi connectivity index (χ4v) is 3.36. The molecule has 2 heteroatoms. The van der Waals surface area contributed by atoms with E-state index >= 15 is 0 Å². The molecule has 0 aromatic heterocycles. The summed E-state index contributed by atoms with van der Waals surface area (Å²) in [4.78, 5) is 0. The van der Waals surface area contributed by atoms with E-state index in [-0.39, 0.29) is 18.6 Å². The summed E-state index contributed by atoms with van der Waals surface area (Å²) in [7, 11) is 0. The average molecular weight is 258 g/mol. The average Bonchev–Trinajstić information content (AvgIpc) is 2.41. The summed E-state index contributed by atoms with van der Waals surface area (Å²) in [6, 6.07) is 0. The number of aliphatic hydroxyl groups is 2. The summed E-state index contributed by atoms with van der Waals surface area (Å²) < 4.78 is 0. The summed E-state index contributed by atoms with van der Waals surface area (Å²) in [6.07, 6.45) is 7.73. The van der Waals surface area contributed by atoms with Crippen LogP contribution in [-0.2, 0) is 0 Å². The van der Waals surface area contributed by atoms with Gasteiger partial charge in [-0.05, 0) is 36.5 Å². The van der Waals surface area contributed by atoms with Gasteiger partial charge in [0.2, 0.25) is 0 Å². The molecule has 2 nitrogen and oxygen atoms in total. The largest absolute Gasteiger partial charge is 0.396 e. The molecule has 0 aliphatic carbocycles. The van der Waals surface area contributed by atoms with Crippen LogP contribution < -0.4 is 0 Å². The molecule has 18 heavy (non-hydrogen) atoms. The van der Waals surface area contributed by atoms with Crippen LogP contribution in [0.25, 0.3) is 0 Å². The minimum absolute atomic E-state index is 0.0232. The fraction of sp³-hybridized carbons (Fsp3) is 1.00. The van der Waals surface area contributed by atoms with Crippen molar-refractivity contribution in [3.8, 4) is 0 Å². The van der Waals surface area contributed by atoms with Gasteiger partial charge in [0.25, 0.3) is 0 Å². The first kappa shape index (κ1) is 17.9. The van der Waals surface area contributed by atoms with Crippen molar-refractivity contribution in [3.05, 3.63) is 0 Å². The van der Waals surface area contributed by atoms with Crippen molar-refractivity contribution in [2.75, 3.05) is 13.2 Å². The van der Waals surface area contributed by atoms with Gasteiger partial charge in [-0.3, -0.25) is 0 Å². The first-order valence-corrected chi connectivity index (χ1v) is 7.87. The molecule has 2 N–H and O–H groups in total.